The first-order valence-electron chi connectivity index (χ1n) is 8.45. The minimum Gasteiger partial charge on any atom is -0.369 e. The summed E-state index contributed by atoms with van der Waals surface area (Å²) in [5, 5.41) is 0. The molecule has 1 aliphatic rings. The van der Waals surface area contributed by atoms with E-state index in [1.54, 1.807) is 0 Å². The summed E-state index contributed by atoms with van der Waals surface area (Å²) in [6.07, 6.45) is 2.47. The molecule has 0 aromatic heterocycles. The first-order valence-corrected chi connectivity index (χ1v) is 8.45. The zero-order chi connectivity index (χ0) is 15.2. The lowest BCUT2D eigenvalue weighted by Crippen LogP contribution is -2.54. The number of nitrogens with zero attached hydrogens (tertiary/aromatic N) is 2. The van der Waals surface area contributed by atoms with E-state index in [0.29, 0.717) is 6.04 Å². The fourth-order valence-corrected chi connectivity index (χ4v) is 3.61. The van der Waals surface area contributed by atoms with Crippen molar-refractivity contribution in [1.29, 1.82) is 0 Å². The van der Waals surface area contributed by atoms with Crippen molar-refractivity contribution in [1.82, 2.24) is 4.90 Å². The number of hydrogen-bond donors (Lipinski definition) is 1. The summed E-state index contributed by atoms with van der Waals surface area (Å²) < 4.78 is 0. The van der Waals surface area contributed by atoms with Crippen LogP contribution >= 0.6 is 0 Å². The van der Waals surface area contributed by atoms with Gasteiger partial charge in [0.15, 0.2) is 0 Å². The Morgan fingerprint density at radius 2 is 1.76 bits per heavy atom. The van der Waals surface area contributed by atoms with Crippen LogP contribution < -0.4 is 10.6 Å². The molecule has 1 atom stereocenters. The first-order chi connectivity index (χ1) is 10.2. The average molecular weight is 289 g/mol. The van der Waals surface area contributed by atoms with Crippen molar-refractivity contribution in [3.63, 3.8) is 0 Å². The number of nitrogens with two attached hydrogens (primary N) is 1. The molecule has 3 heteroatoms. The summed E-state index contributed by atoms with van der Waals surface area (Å²) in [6.45, 7) is 12.0. The first kappa shape index (κ1) is 16.3. The van der Waals surface area contributed by atoms with E-state index in [1.807, 2.05) is 0 Å². The van der Waals surface area contributed by atoms with Gasteiger partial charge in [0.2, 0.25) is 0 Å². The van der Waals surface area contributed by atoms with Crippen LogP contribution in [-0.4, -0.2) is 43.7 Å². The van der Waals surface area contributed by atoms with Gasteiger partial charge in [0, 0.05) is 44.5 Å². The van der Waals surface area contributed by atoms with E-state index in [4.69, 9.17) is 5.73 Å². The standard InChI is InChI=1S/C18H31N3/c1-4-16(5-2)18(14-19)21-11-9-20(10-12-21)17-8-6-7-15(3)13-17/h6-8,13,16,18H,4-5,9-12,14,19H2,1-3H3. The maximum absolute atomic E-state index is 6.07. The van der Waals surface area contributed by atoms with Gasteiger partial charge in [0.1, 0.15) is 0 Å². The van der Waals surface area contributed by atoms with Crippen LogP contribution in [-0.2, 0) is 0 Å². The second kappa shape index (κ2) is 7.81. The number of hydrogen-bond acceptors (Lipinski definition) is 3. The molecule has 2 N–H and O–H groups in total. The lowest BCUT2D eigenvalue weighted by Gasteiger charge is -2.42. The Bertz CT molecular complexity index is 420. The maximum atomic E-state index is 6.07. The Morgan fingerprint density at radius 1 is 1.10 bits per heavy atom. The van der Waals surface area contributed by atoms with Crippen molar-refractivity contribution in [2.75, 3.05) is 37.6 Å². The summed E-state index contributed by atoms with van der Waals surface area (Å²) >= 11 is 0. The minimum absolute atomic E-state index is 0.555. The number of piperazine rings is 1. The summed E-state index contributed by atoms with van der Waals surface area (Å²) in [4.78, 5) is 5.12. The van der Waals surface area contributed by atoms with Crippen LogP contribution in [0.1, 0.15) is 32.3 Å². The molecule has 0 radical (unpaired) electrons. The molecule has 0 bridgehead atoms. The molecule has 1 fully saturated rings. The SMILES string of the molecule is CCC(CC)C(CN)N1CCN(c2cccc(C)c2)CC1. The molecule has 1 heterocycles. The van der Waals surface area contributed by atoms with Gasteiger partial charge >= 0.3 is 0 Å². The second-order valence-corrected chi connectivity index (χ2v) is 6.24. The Labute approximate surface area is 130 Å². The highest BCUT2D eigenvalue weighted by molar-refractivity contribution is 5.48. The minimum atomic E-state index is 0.555. The van der Waals surface area contributed by atoms with Crippen LogP contribution in [0.4, 0.5) is 5.69 Å². The molecule has 0 aliphatic carbocycles. The molecule has 21 heavy (non-hydrogen) atoms. The third-order valence-corrected chi connectivity index (χ3v) is 4.98. The molecule has 1 aromatic carbocycles. The van der Waals surface area contributed by atoms with Crippen molar-refractivity contribution in [3.8, 4) is 0 Å². The normalized spacial score (nSPS) is 18.2. The summed E-state index contributed by atoms with van der Waals surface area (Å²) in [5.41, 5.74) is 8.77. The fourth-order valence-electron chi connectivity index (χ4n) is 3.61. The van der Waals surface area contributed by atoms with Gasteiger partial charge in [-0.05, 0) is 30.5 Å². The predicted octanol–water partition coefficient (Wildman–Crippen LogP) is 2.88. The molecule has 0 saturated carbocycles. The molecule has 1 unspecified atom stereocenters. The van der Waals surface area contributed by atoms with E-state index in [-0.39, 0.29) is 0 Å². The molecule has 2 rings (SSSR count). The van der Waals surface area contributed by atoms with Crippen LogP contribution in [0.15, 0.2) is 24.3 Å². The molecular weight excluding hydrogens is 258 g/mol. The quantitative estimate of drug-likeness (QED) is 0.874. The zero-order valence-electron chi connectivity index (χ0n) is 13.9. The van der Waals surface area contributed by atoms with Gasteiger partial charge in [0.25, 0.3) is 0 Å². The number of aryl methyl sites for hydroxylation is 1. The molecule has 0 amide bonds. The van der Waals surface area contributed by atoms with Gasteiger partial charge in [-0.3, -0.25) is 4.90 Å². The highest BCUT2D eigenvalue weighted by atomic mass is 15.3. The van der Waals surface area contributed by atoms with Crippen molar-refractivity contribution in [3.05, 3.63) is 29.8 Å². The van der Waals surface area contributed by atoms with Crippen molar-refractivity contribution in [2.24, 2.45) is 11.7 Å². The predicted molar refractivity (Wildman–Crippen MR) is 91.9 cm³/mol. The van der Waals surface area contributed by atoms with Crippen LogP contribution in [0.25, 0.3) is 0 Å². The second-order valence-electron chi connectivity index (χ2n) is 6.24. The molecule has 118 valence electrons. The van der Waals surface area contributed by atoms with Gasteiger partial charge < -0.3 is 10.6 Å². The third-order valence-electron chi connectivity index (χ3n) is 4.98. The molecule has 0 spiro atoms. The van der Waals surface area contributed by atoms with E-state index in [1.165, 1.54) is 24.1 Å². The van der Waals surface area contributed by atoms with Crippen LogP contribution in [0.2, 0.25) is 0 Å². The van der Waals surface area contributed by atoms with Crippen LogP contribution in [0.5, 0.6) is 0 Å². The smallest absolute Gasteiger partial charge is 0.0369 e. The molecule has 3 nitrogen and oxygen atoms in total. The van der Waals surface area contributed by atoms with E-state index in [9.17, 15) is 0 Å². The topological polar surface area (TPSA) is 32.5 Å². The number of rotatable bonds is 6. The van der Waals surface area contributed by atoms with Crippen molar-refractivity contribution in [2.45, 2.75) is 39.7 Å². The number of benzene rings is 1. The summed E-state index contributed by atoms with van der Waals surface area (Å²) in [5.74, 6) is 0.737. The Kier molecular flexibility index (Phi) is 6.07. The molecule has 1 aromatic rings. The highest BCUT2D eigenvalue weighted by Crippen LogP contribution is 2.22. The van der Waals surface area contributed by atoms with Gasteiger partial charge in [-0.15, -0.1) is 0 Å². The Morgan fingerprint density at radius 3 is 2.29 bits per heavy atom. The van der Waals surface area contributed by atoms with Gasteiger partial charge in [-0.2, -0.15) is 0 Å². The van der Waals surface area contributed by atoms with Gasteiger partial charge in [-0.25, -0.2) is 0 Å². The molecule has 1 saturated heterocycles. The van der Waals surface area contributed by atoms with Crippen molar-refractivity contribution < 1.29 is 0 Å². The third kappa shape index (κ3) is 3.98. The van der Waals surface area contributed by atoms with Crippen LogP contribution in [0, 0.1) is 12.8 Å². The lowest BCUT2D eigenvalue weighted by molar-refractivity contribution is 0.132. The zero-order valence-corrected chi connectivity index (χ0v) is 13.9. The fraction of sp³-hybridized carbons (Fsp3) is 0.667. The van der Waals surface area contributed by atoms with Crippen molar-refractivity contribution >= 4 is 5.69 Å². The number of anilines is 1. The molecule has 1 aliphatic heterocycles. The largest absolute Gasteiger partial charge is 0.369 e. The van der Waals surface area contributed by atoms with E-state index >= 15 is 0 Å². The van der Waals surface area contributed by atoms with E-state index in [0.717, 1.165) is 38.6 Å². The Balaban J connectivity index is 1.96. The average Bonchev–Trinajstić information content (AvgIpc) is 2.53. The lowest BCUT2D eigenvalue weighted by atomic mass is 9.92. The van der Waals surface area contributed by atoms with Gasteiger partial charge in [-0.1, -0.05) is 38.8 Å². The monoisotopic (exact) mass is 289 g/mol. The summed E-state index contributed by atoms with van der Waals surface area (Å²) in [7, 11) is 0. The maximum Gasteiger partial charge on any atom is 0.0369 e. The Hall–Kier alpha value is -1.06. The summed E-state index contributed by atoms with van der Waals surface area (Å²) in [6, 6.07) is 9.39. The van der Waals surface area contributed by atoms with Gasteiger partial charge in [0.05, 0.1) is 0 Å². The molecular formula is C18H31N3. The highest BCUT2D eigenvalue weighted by Gasteiger charge is 2.27. The van der Waals surface area contributed by atoms with E-state index in [2.05, 4.69) is 54.8 Å². The van der Waals surface area contributed by atoms with E-state index < -0.39 is 0 Å². The van der Waals surface area contributed by atoms with Crippen LogP contribution in [0.3, 0.4) is 0 Å².